The molecule has 0 aliphatic carbocycles. The van der Waals surface area contributed by atoms with E-state index in [-0.39, 0.29) is 17.6 Å². The third-order valence-electron chi connectivity index (χ3n) is 3.61. The van der Waals surface area contributed by atoms with Gasteiger partial charge in [0.1, 0.15) is 6.04 Å². The van der Waals surface area contributed by atoms with Crippen LogP contribution < -0.4 is 4.72 Å². The summed E-state index contributed by atoms with van der Waals surface area (Å²) in [6.07, 6.45) is 1.08. The summed E-state index contributed by atoms with van der Waals surface area (Å²) >= 11 is 0. The van der Waals surface area contributed by atoms with Crippen molar-refractivity contribution in [1.82, 2.24) is 14.5 Å². The quantitative estimate of drug-likeness (QED) is 0.742. The zero-order chi connectivity index (χ0) is 16.0. The average Bonchev–Trinajstić information content (AvgIpc) is 2.37. The van der Waals surface area contributed by atoms with Gasteiger partial charge in [-0.1, -0.05) is 20.8 Å². The van der Waals surface area contributed by atoms with Crippen molar-refractivity contribution in [2.24, 2.45) is 5.92 Å². The molecule has 21 heavy (non-hydrogen) atoms. The second kappa shape index (κ2) is 8.10. The minimum absolute atomic E-state index is 0.0671. The van der Waals surface area contributed by atoms with Crippen LogP contribution >= 0.6 is 0 Å². The van der Waals surface area contributed by atoms with Gasteiger partial charge in [0, 0.05) is 26.2 Å². The van der Waals surface area contributed by atoms with Crippen LogP contribution in [-0.2, 0) is 14.8 Å². The second-order valence-corrected chi connectivity index (χ2v) is 8.12. The maximum Gasteiger partial charge on any atom is 0.240 e. The molecule has 1 aliphatic rings. The van der Waals surface area contributed by atoms with E-state index in [0.29, 0.717) is 25.9 Å². The summed E-state index contributed by atoms with van der Waals surface area (Å²) in [7, 11) is -1.35. The van der Waals surface area contributed by atoms with E-state index >= 15 is 0 Å². The number of nitrogens with one attached hydrogen (secondary N) is 1. The molecule has 1 aliphatic heterocycles. The predicted molar refractivity (Wildman–Crippen MR) is 84.5 cm³/mol. The smallest absolute Gasteiger partial charge is 0.240 e. The highest BCUT2D eigenvalue weighted by Crippen LogP contribution is 2.11. The monoisotopic (exact) mass is 319 g/mol. The van der Waals surface area contributed by atoms with E-state index in [1.807, 2.05) is 27.8 Å². The zero-order valence-electron chi connectivity index (χ0n) is 13.6. The Morgan fingerprint density at radius 3 is 2.24 bits per heavy atom. The molecule has 0 unspecified atom stereocenters. The number of amides is 1. The van der Waals surface area contributed by atoms with Crippen LogP contribution in [0.15, 0.2) is 0 Å². The van der Waals surface area contributed by atoms with Gasteiger partial charge in [0.05, 0.1) is 5.75 Å². The van der Waals surface area contributed by atoms with Crippen LogP contribution in [0.3, 0.4) is 0 Å². The molecular weight excluding hydrogens is 290 g/mol. The van der Waals surface area contributed by atoms with E-state index in [0.717, 1.165) is 13.1 Å². The summed E-state index contributed by atoms with van der Waals surface area (Å²) < 4.78 is 26.5. The number of rotatable bonds is 7. The zero-order valence-corrected chi connectivity index (χ0v) is 14.4. The highest BCUT2D eigenvalue weighted by molar-refractivity contribution is 7.89. The highest BCUT2D eigenvalue weighted by Gasteiger charge is 2.30. The number of carbonyl (C=O) groups is 1. The van der Waals surface area contributed by atoms with Crippen LogP contribution in [0.2, 0.25) is 0 Å². The van der Waals surface area contributed by atoms with Gasteiger partial charge >= 0.3 is 0 Å². The van der Waals surface area contributed by atoms with Crippen molar-refractivity contribution in [2.45, 2.75) is 39.7 Å². The molecule has 0 radical (unpaired) electrons. The Kier molecular flexibility index (Phi) is 7.09. The predicted octanol–water partition coefficient (Wildman–Crippen LogP) is 0.505. The molecule has 1 fully saturated rings. The third kappa shape index (κ3) is 6.32. The molecule has 124 valence electrons. The lowest BCUT2D eigenvalue weighted by Crippen LogP contribution is -2.54. The fourth-order valence-electron chi connectivity index (χ4n) is 2.46. The summed E-state index contributed by atoms with van der Waals surface area (Å²) in [4.78, 5) is 16.6. The lowest BCUT2D eigenvalue weighted by molar-refractivity contribution is -0.135. The number of likely N-dealkylation sites (N-methyl/N-ethyl adjacent to an activating group) is 1. The van der Waals surface area contributed by atoms with Crippen LogP contribution in [0.1, 0.15) is 33.6 Å². The first-order valence-electron chi connectivity index (χ1n) is 7.72. The summed E-state index contributed by atoms with van der Waals surface area (Å²) in [6.45, 7) is 8.82. The molecule has 6 nitrogen and oxygen atoms in total. The van der Waals surface area contributed by atoms with Gasteiger partial charge in [-0.3, -0.25) is 4.79 Å². The van der Waals surface area contributed by atoms with Gasteiger partial charge in [0.25, 0.3) is 0 Å². The largest absolute Gasteiger partial charge is 0.339 e. The minimum atomic E-state index is -3.38. The van der Waals surface area contributed by atoms with E-state index < -0.39 is 16.1 Å². The Labute approximate surface area is 128 Å². The molecule has 7 heteroatoms. The Morgan fingerprint density at radius 2 is 1.76 bits per heavy atom. The Balaban J connectivity index is 2.74. The molecule has 1 amide bonds. The van der Waals surface area contributed by atoms with Crippen molar-refractivity contribution in [3.63, 3.8) is 0 Å². The molecule has 0 aromatic heterocycles. The topological polar surface area (TPSA) is 69.7 Å². The normalized spacial score (nSPS) is 19.0. The van der Waals surface area contributed by atoms with Crippen molar-refractivity contribution in [3.8, 4) is 0 Å². The first kappa shape index (κ1) is 18.4. The number of hydrogen-bond acceptors (Lipinski definition) is 4. The van der Waals surface area contributed by atoms with E-state index in [1.165, 1.54) is 0 Å². The van der Waals surface area contributed by atoms with Crippen LogP contribution in [0.4, 0.5) is 0 Å². The number of sulfonamides is 1. The first-order valence-corrected chi connectivity index (χ1v) is 9.37. The van der Waals surface area contributed by atoms with Crippen molar-refractivity contribution < 1.29 is 13.2 Å². The van der Waals surface area contributed by atoms with E-state index in [1.54, 1.807) is 4.90 Å². The summed E-state index contributed by atoms with van der Waals surface area (Å²) in [5, 5.41) is 0. The van der Waals surface area contributed by atoms with Crippen LogP contribution in [0.25, 0.3) is 0 Å². The first-order chi connectivity index (χ1) is 9.75. The van der Waals surface area contributed by atoms with Gasteiger partial charge in [0.2, 0.25) is 15.9 Å². The highest BCUT2D eigenvalue weighted by atomic mass is 32.2. The van der Waals surface area contributed by atoms with Crippen LogP contribution in [0.5, 0.6) is 0 Å². The van der Waals surface area contributed by atoms with Gasteiger partial charge in [-0.25, -0.2) is 13.1 Å². The van der Waals surface area contributed by atoms with E-state index in [2.05, 4.69) is 9.62 Å². The fraction of sp³-hybridized carbons (Fsp3) is 0.929. The average molecular weight is 319 g/mol. The lowest BCUT2D eigenvalue weighted by Gasteiger charge is -2.35. The molecule has 0 spiro atoms. The summed E-state index contributed by atoms with van der Waals surface area (Å²) in [5.74, 6) is 0.240. The number of carbonyl (C=O) groups excluding carboxylic acids is 1. The number of hydrogen-bond donors (Lipinski definition) is 1. The maximum atomic E-state index is 12.6. The standard InChI is InChI=1S/C14H29N3O3S/c1-5-10-21(19,20)15-13(11-12(2)3)14(18)17-8-6-16(4)7-9-17/h12-13,15H,5-11H2,1-4H3/t13-/m1/s1. The SMILES string of the molecule is CCCS(=O)(=O)N[C@H](CC(C)C)C(=O)N1CCN(C)CC1. The molecule has 1 atom stereocenters. The number of nitrogens with zero attached hydrogens (tertiary/aromatic N) is 2. The molecule has 1 N–H and O–H groups in total. The second-order valence-electron chi connectivity index (χ2n) is 6.25. The van der Waals surface area contributed by atoms with Crippen molar-refractivity contribution in [2.75, 3.05) is 39.0 Å². The third-order valence-corrected chi connectivity index (χ3v) is 5.20. The molecule has 0 saturated carbocycles. The molecule has 0 aromatic carbocycles. The Hall–Kier alpha value is -0.660. The molecule has 0 aromatic rings. The van der Waals surface area contributed by atoms with Gasteiger partial charge < -0.3 is 9.80 Å². The van der Waals surface area contributed by atoms with Crippen molar-refractivity contribution >= 4 is 15.9 Å². The fourth-order valence-corrected chi connectivity index (χ4v) is 3.75. The van der Waals surface area contributed by atoms with Gasteiger partial charge in [-0.15, -0.1) is 0 Å². The molecule has 1 saturated heterocycles. The molecule has 1 rings (SSSR count). The maximum absolute atomic E-state index is 12.6. The Bertz CT molecular complexity index is 429. The lowest BCUT2D eigenvalue weighted by atomic mass is 10.0. The van der Waals surface area contributed by atoms with Crippen LogP contribution in [0, 0.1) is 5.92 Å². The van der Waals surface area contributed by atoms with Crippen molar-refractivity contribution in [1.29, 1.82) is 0 Å². The number of piperazine rings is 1. The Morgan fingerprint density at radius 1 is 1.19 bits per heavy atom. The molecular formula is C14H29N3O3S. The van der Waals surface area contributed by atoms with Gasteiger partial charge in [0.15, 0.2) is 0 Å². The minimum Gasteiger partial charge on any atom is -0.339 e. The summed E-state index contributed by atoms with van der Waals surface area (Å²) in [6, 6.07) is -0.634. The molecule has 0 bridgehead atoms. The van der Waals surface area contributed by atoms with Gasteiger partial charge in [-0.05, 0) is 25.8 Å². The van der Waals surface area contributed by atoms with E-state index in [9.17, 15) is 13.2 Å². The van der Waals surface area contributed by atoms with Crippen molar-refractivity contribution in [3.05, 3.63) is 0 Å². The van der Waals surface area contributed by atoms with E-state index in [4.69, 9.17) is 0 Å². The molecule has 1 heterocycles. The van der Waals surface area contributed by atoms with Crippen LogP contribution in [-0.4, -0.2) is 69.1 Å². The van der Waals surface area contributed by atoms with Gasteiger partial charge in [-0.2, -0.15) is 0 Å². The summed E-state index contributed by atoms with van der Waals surface area (Å²) in [5.41, 5.74) is 0.